The first-order chi connectivity index (χ1) is 7.97. The number of nitrogens with one attached hydrogen (secondary N) is 1. The number of aliphatic carboxylic acids is 1. The maximum absolute atomic E-state index is 11.6. The molecule has 1 atom stereocenters. The van der Waals surface area contributed by atoms with Crippen molar-refractivity contribution >= 4 is 12.0 Å². The SMILES string of the molecule is CC(CC(=O)O)NC(=O)N(C)CCCCCO. The number of carbonyl (C=O) groups excluding carboxylic acids is 1. The number of hydrogen-bond donors (Lipinski definition) is 3. The Kier molecular flexibility index (Phi) is 8.13. The predicted octanol–water partition coefficient (Wildman–Crippen LogP) is 0.654. The highest BCUT2D eigenvalue weighted by Crippen LogP contribution is 1.98. The summed E-state index contributed by atoms with van der Waals surface area (Å²) in [5, 5.41) is 19.8. The summed E-state index contributed by atoms with van der Waals surface area (Å²) in [6, 6.07) is -0.636. The molecule has 100 valence electrons. The van der Waals surface area contributed by atoms with Gasteiger partial charge in [0, 0.05) is 26.2 Å². The van der Waals surface area contributed by atoms with Gasteiger partial charge in [-0.3, -0.25) is 4.79 Å². The summed E-state index contributed by atoms with van der Waals surface area (Å²) in [5.74, 6) is -0.927. The lowest BCUT2D eigenvalue weighted by Crippen LogP contribution is -2.43. The number of carboxylic acid groups (broad SMARTS) is 1. The summed E-state index contributed by atoms with van der Waals surface area (Å²) in [4.78, 5) is 23.5. The molecular formula is C11H22N2O4. The van der Waals surface area contributed by atoms with Crippen molar-refractivity contribution in [2.24, 2.45) is 0 Å². The minimum Gasteiger partial charge on any atom is -0.481 e. The van der Waals surface area contributed by atoms with Crippen molar-refractivity contribution in [1.82, 2.24) is 10.2 Å². The molecular weight excluding hydrogens is 224 g/mol. The third kappa shape index (κ3) is 8.50. The normalized spacial score (nSPS) is 11.9. The second-order valence-electron chi connectivity index (χ2n) is 4.15. The van der Waals surface area contributed by atoms with Crippen molar-refractivity contribution < 1.29 is 19.8 Å². The molecule has 6 nitrogen and oxygen atoms in total. The average molecular weight is 246 g/mol. The Bertz CT molecular complexity index is 246. The fraction of sp³-hybridized carbons (Fsp3) is 0.818. The number of hydrogen-bond acceptors (Lipinski definition) is 3. The number of nitrogens with zero attached hydrogens (tertiary/aromatic N) is 1. The van der Waals surface area contributed by atoms with Gasteiger partial charge in [0.2, 0.25) is 0 Å². The Morgan fingerprint density at radius 3 is 2.47 bits per heavy atom. The number of carbonyl (C=O) groups is 2. The molecule has 1 unspecified atom stereocenters. The minimum atomic E-state index is -0.927. The third-order valence-corrected chi connectivity index (χ3v) is 2.35. The fourth-order valence-corrected chi connectivity index (χ4v) is 1.37. The van der Waals surface area contributed by atoms with Gasteiger partial charge in [0.15, 0.2) is 0 Å². The van der Waals surface area contributed by atoms with E-state index in [1.807, 2.05) is 0 Å². The summed E-state index contributed by atoms with van der Waals surface area (Å²) < 4.78 is 0. The van der Waals surface area contributed by atoms with Crippen LogP contribution in [0, 0.1) is 0 Å². The Morgan fingerprint density at radius 2 is 1.94 bits per heavy atom. The smallest absolute Gasteiger partial charge is 0.317 e. The molecule has 0 aromatic rings. The van der Waals surface area contributed by atoms with Crippen LogP contribution in [0.4, 0.5) is 4.79 Å². The molecule has 0 aliphatic rings. The molecule has 2 amide bonds. The highest BCUT2D eigenvalue weighted by atomic mass is 16.4. The molecule has 0 rings (SSSR count). The van der Waals surface area contributed by atoms with Crippen LogP contribution in [0.15, 0.2) is 0 Å². The van der Waals surface area contributed by atoms with Crippen LogP contribution in [0.1, 0.15) is 32.6 Å². The first kappa shape index (κ1) is 15.7. The van der Waals surface area contributed by atoms with Crippen molar-refractivity contribution in [3.05, 3.63) is 0 Å². The van der Waals surface area contributed by atoms with E-state index >= 15 is 0 Å². The van der Waals surface area contributed by atoms with Crippen molar-refractivity contribution in [3.63, 3.8) is 0 Å². The zero-order valence-electron chi connectivity index (χ0n) is 10.5. The number of amides is 2. The minimum absolute atomic E-state index is 0.0793. The highest BCUT2D eigenvalue weighted by Gasteiger charge is 2.13. The van der Waals surface area contributed by atoms with Gasteiger partial charge < -0.3 is 20.4 Å². The Hall–Kier alpha value is -1.30. The second kappa shape index (κ2) is 8.81. The van der Waals surface area contributed by atoms with Gasteiger partial charge in [0.05, 0.1) is 6.42 Å². The lowest BCUT2D eigenvalue weighted by atomic mass is 10.2. The van der Waals surface area contributed by atoms with Gasteiger partial charge in [0.25, 0.3) is 0 Å². The number of unbranched alkanes of at least 4 members (excludes halogenated alkanes) is 2. The average Bonchev–Trinajstić information content (AvgIpc) is 2.22. The van der Waals surface area contributed by atoms with E-state index in [1.165, 1.54) is 4.90 Å². The van der Waals surface area contributed by atoms with Crippen LogP contribution in [-0.2, 0) is 4.79 Å². The van der Waals surface area contributed by atoms with Crippen LogP contribution in [0.2, 0.25) is 0 Å². The molecule has 3 N–H and O–H groups in total. The van der Waals surface area contributed by atoms with Crippen LogP contribution in [0.25, 0.3) is 0 Å². The Labute approximate surface area is 102 Å². The van der Waals surface area contributed by atoms with Crippen LogP contribution in [0.3, 0.4) is 0 Å². The monoisotopic (exact) mass is 246 g/mol. The molecule has 0 bridgehead atoms. The van der Waals surface area contributed by atoms with E-state index in [0.717, 1.165) is 19.3 Å². The summed E-state index contributed by atoms with van der Waals surface area (Å²) in [7, 11) is 1.67. The van der Waals surface area contributed by atoms with E-state index in [2.05, 4.69) is 5.32 Å². The number of rotatable bonds is 8. The van der Waals surface area contributed by atoms with Crippen LogP contribution in [-0.4, -0.2) is 53.4 Å². The van der Waals surface area contributed by atoms with Gasteiger partial charge in [-0.05, 0) is 26.2 Å². The lowest BCUT2D eigenvalue weighted by molar-refractivity contribution is -0.137. The third-order valence-electron chi connectivity index (χ3n) is 2.35. The largest absolute Gasteiger partial charge is 0.481 e. The van der Waals surface area contributed by atoms with E-state index in [-0.39, 0.29) is 25.1 Å². The number of carboxylic acids is 1. The Morgan fingerprint density at radius 1 is 1.29 bits per heavy atom. The summed E-state index contributed by atoms with van der Waals surface area (Å²) in [6.45, 7) is 2.43. The van der Waals surface area contributed by atoms with Crippen LogP contribution < -0.4 is 5.32 Å². The van der Waals surface area contributed by atoms with Crippen molar-refractivity contribution in [2.45, 2.75) is 38.6 Å². The van der Waals surface area contributed by atoms with Crippen molar-refractivity contribution in [1.29, 1.82) is 0 Å². The molecule has 0 spiro atoms. The number of aliphatic hydroxyl groups is 1. The van der Waals surface area contributed by atoms with Gasteiger partial charge >= 0.3 is 12.0 Å². The van der Waals surface area contributed by atoms with Gasteiger partial charge in [-0.2, -0.15) is 0 Å². The van der Waals surface area contributed by atoms with E-state index in [1.54, 1.807) is 14.0 Å². The molecule has 6 heteroatoms. The molecule has 0 saturated carbocycles. The van der Waals surface area contributed by atoms with Gasteiger partial charge in [0.1, 0.15) is 0 Å². The maximum atomic E-state index is 11.6. The molecule has 0 aliphatic heterocycles. The van der Waals surface area contributed by atoms with E-state index in [0.29, 0.717) is 6.54 Å². The first-order valence-corrected chi connectivity index (χ1v) is 5.81. The zero-order valence-corrected chi connectivity index (χ0v) is 10.5. The molecule has 0 aromatic carbocycles. The molecule has 0 saturated heterocycles. The zero-order chi connectivity index (χ0) is 13.3. The van der Waals surface area contributed by atoms with E-state index in [4.69, 9.17) is 10.2 Å². The summed E-state index contributed by atoms with van der Waals surface area (Å²) in [5.41, 5.74) is 0. The quantitative estimate of drug-likeness (QED) is 0.549. The van der Waals surface area contributed by atoms with Crippen molar-refractivity contribution in [2.75, 3.05) is 20.2 Å². The number of aliphatic hydroxyl groups excluding tert-OH is 1. The van der Waals surface area contributed by atoms with Crippen LogP contribution >= 0.6 is 0 Å². The first-order valence-electron chi connectivity index (χ1n) is 5.81. The molecule has 0 radical (unpaired) electrons. The summed E-state index contributed by atoms with van der Waals surface area (Å²) in [6.07, 6.45) is 2.37. The maximum Gasteiger partial charge on any atom is 0.317 e. The van der Waals surface area contributed by atoms with Gasteiger partial charge in [-0.1, -0.05) is 0 Å². The molecule has 17 heavy (non-hydrogen) atoms. The topological polar surface area (TPSA) is 89.9 Å². The predicted molar refractivity (Wildman–Crippen MR) is 63.8 cm³/mol. The molecule has 0 aromatic heterocycles. The van der Waals surface area contributed by atoms with Crippen LogP contribution in [0.5, 0.6) is 0 Å². The second-order valence-corrected chi connectivity index (χ2v) is 4.15. The standard InChI is InChI=1S/C11H22N2O4/c1-9(8-10(15)16)12-11(17)13(2)6-4-3-5-7-14/h9,14H,3-8H2,1-2H3,(H,12,17)(H,15,16). The van der Waals surface area contributed by atoms with Crippen molar-refractivity contribution in [3.8, 4) is 0 Å². The summed E-state index contributed by atoms with van der Waals surface area (Å²) >= 11 is 0. The number of urea groups is 1. The van der Waals surface area contributed by atoms with Gasteiger partial charge in [-0.15, -0.1) is 0 Å². The Balaban J connectivity index is 3.76. The van der Waals surface area contributed by atoms with E-state index in [9.17, 15) is 9.59 Å². The molecule has 0 heterocycles. The van der Waals surface area contributed by atoms with Gasteiger partial charge in [-0.25, -0.2) is 4.79 Å². The molecule has 0 aliphatic carbocycles. The fourth-order valence-electron chi connectivity index (χ4n) is 1.37. The highest BCUT2D eigenvalue weighted by molar-refractivity contribution is 5.75. The lowest BCUT2D eigenvalue weighted by Gasteiger charge is -2.20. The van der Waals surface area contributed by atoms with E-state index < -0.39 is 5.97 Å². The molecule has 0 fully saturated rings.